The molecule has 0 aliphatic rings. The van der Waals surface area contributed by atoms with Crippen LogP contribution in [0.5, 0.6) is 0 Å². The fourth-order valence-electron chi connectivity index (χ4n) is 6.49. The molecule has 0 aliphatic heterocycles. The van der Waals surface area contributed by atoms with Gasteiger partial charge in [0.25, 0.3) is 0 Å². The average molecular weight is 374 g/mol. The number of benzene rings is 9. The Hall–Kier alpha value is -3.90. The van der Waals surface area contributed by atoms with E-state index in [2.05, 4.69) is 84.9 Å². The number of fused-ring (bicyclic) bond motifs is 1. The Morgan fingerprint density at radius 2 is 0.700 bits per heavy atom. The minimum atomic E-state index is 1.34. The van der Waals surface area contributed by atoms with Gasteiger partial charge < -0.3 is 0 Å². The second-order valence-corrected chi connectivity index (χ2v) is 8.90. The first-order valence-electron chi connectivity index (χ1n) is 10.6. The van der Waals surface area contributed by atoms with Crippen molar-refractivity contribution < 1.29 is 0 Å². The summed E-state index contributed by atoms with van der Waals surface area (Å²) >= 11 is 0. The number of rotatable bonds is 0. The molecule has 0 atom stereocenters. The maximum absolute atomic E-state index is 2.40. The van der Waals surface area contributed by atoms with Crippen LogP contribution in [0.25, 0.3) is 86.2 Å². The maximum Gasteiger partial charge on any atom is -0.000116 e. The van der Waals surface area contributed by atoms with Crippen molar-refractivity contribution >= 4 is 86.2 Å². The molecule has 0 bridgehead atoms. The summed E-state index contributed by atoms with van der Waals surface area (Å²) in [4.78, 5) is 0. The van der Waals surface area contributed by atoms with Crippen molar-refractivity contribution in [1.82, 2.24) is 0 Å². The van der Waals surface area contributed by atoms with Crippen molar-refractivity contribution in [2.24, 2.45) is 0 Å². The highest BCUT2D eigenvalue weighted by Crippen LogP contribution is 2.52. The molecule has 0 N–H and O–H groups in total. The molecular weight excluding hydrogens is 360 g/mol. The molecule has 0 heterocycles. The molecule has 134 valence electrons. The first-order valence-corrected chi connectivity index (χ1v) is 10.6. The van der Waals surface area contributed by atoms with Crippen LogP contribution < -0.4 is 0 Å². The van der Waals surface area contributed by atoms with Crippen LogP contribution in [-0.4, -0.2) is 0 Å². The molecule has 0 heteroatoms. The first-order chi connectivity index (χ1) is 14.9. The van der Waals surface area contributed by atoms with E-state index >= 15 is 0 Å². The summed E-state index contributed by atoms with van der Waals surface area (Å²) in [7, 11) is 0. The Balaban J connectivity index is 1.88. The fourth-order valence-corrected chi connectivity index (χ4v) is 6.49. The normalized spacial score (nSPS) is 13.3. The molecule has 0 unspecified atom stereocenters. The summed E-state index contributed by atoms with van der Waals surface area (Å²) in [5.74, 6) is 0. The van der Waals surface area contributed by atoms with E-state index in [1.807, 2.05) is 0 Å². The van der Waals surface area contributed by atoms with Crippen LogP contribution in [0.2, 0.25) is 0 Å². The minimum absolute atomic E-state index is 1.34. The van der Waals surface area contributed by atoms with Gasteiger partial charge in [-0.1, -0.05) is 78.9 Å². The molecule has 30 heavy (non-hydrogen) atoms. The average Bonchev–Trinajstić information content (AvgIpc) is 2.81. The molecule has 0 radical (unpaired) electrons. The van der Waals surface area contributed by atoms with Crippen molar-refractivity contribution in [2.45, 2.75) is 0 Å². The Labute approximate surface area is 171 Å². The van der Waals surface area contributed by atoms with Crippen molar-refractivity contribution in [2.75, 3.05) is 0 Å². The number of hydrogen-bond acceptors (Lipinski definition) is 0. The van der Waals surface area contributed by atoms with Crippen molar-refractivity contribution in [3.63, 3.8) is 0 Å². The summed E-state index contributed by atoms with van der Waals surface area (Å²) < 4.78 is 0. The predicted octanol–water partition coefficient (Wildman–Crippen LogP) is 8.66. The smallest absolute Gasteiger partial charge is 0.000116 e. The van der Waals surface area contributed by atoms with Gasteiger partial charge in [-0.25, -0.2) is 0 Å². The zero-order valence-corrected chi connectivity index (χ0v) is 16.1. The third kappa shape index (κ3) is 1.31. The third-order valence-electron chi connectivity index (χ3n) is 7.61. The van der Waals surface area contributed by atoms with E-state index < -0.39 is 0 Å². The molecule has 0 aliphatic carbocycles. The zero-order valence-electron chi connectivity index (χ0n) is 16.1. The van der Waals surface area contributed by atoms with Crippen LogP contribution in [0.4, 0.5) is 0 Å². The van der Waals surface area contributed by atoms with Gasteiger partial charge in [-0.05, 0) is 92.2 Å². The lowest BCUT2D eigenvalue weighted by Gasteiger charge is -2.23. The molecule has 9 aromatic rings. The van der Waals surface area contributed by atoms with Crippen LogP contribution in [-0.2, 0) is 0 Å². The lowest BCUT2D eigenvalue weighted by molar-refractivity contribution is 1.81. The molecule has 9 rings (SSSR count). The van der Waals surface area contributed by atoms with Crippen LogP contribution in [0, 0.1) is 0 Å². The molecule has 0 aromatic heterocycles. The van der Waals surface area contributed by atoms with Gasteiger partial charge in [-0.15, -0.1) is 0 Å². The van der Waals surface area contributed by atoms with Gasteiger partial charge in [-0.2, -0.15) is 0 Å². The van der Waals surface area contributed by atoms with Gasteiger partial charge in [-0.3, -0.25) is 0 Å². The standard InChI is InChI=1S/C30H14/c1-2-15-8-10-19-14-20-11-9-17-5-4-16-6-7-18-12-13-22-21(3-1)23(15)27(19)30-28(20)25(17)24(16)26(18)29(22)30/h1-14H. The van der Waals surface area contributed by atoms with E-state index in [0.717, 1.165) is 0 Å². The highest BCUT2D eigenvalue weighted by Gasteiger charge is 2.23. The molecule has 0 nitrogen and oxygen atoms in total. The first kappa shape index (κ1) is 14.1. The summed E-state index contributed by atoms with van der Waals surface area (Å²) in [5.41, 5.74) is 0. The highest BCUT2D eigenvalue weighted by molar-refractivity contribution is 6.50. The largest absolute Gasteiger partial charge is 0.0610 e. The van der Waals surface area contributed by atoms with Crippen LogP contribution >= 0.6 is 0 Å². The van der Waals surface area contributed by atoms with Gasteiger partial charge in [0.1, 0.15) is 0 Å². The topological polar surface area (TPSA) is 0 Å². The SMILES string of the molecule is c1cc2ccc3cc4ccc5ccc6ccc7ccc8c(c1)c2c3c1c4c5c6c7c81. The molecule has 9 aromatic carbocycles. The Bertz CT molecular complexity index is 2090. The summed E-state index contributed by atoms with van der Waals surface area (Å²) in [6, 6.07) is 32.3. The lowest BCUT2D eigenvalue weighted by Crippen LogP contribution is -1.95. The van der Waals surface area contributed by atoms with Gasteiger partial charge in [0, 0.05) is 0 Å². The Kier molecular flexibility index (Phi) is 2.04. The monoisotopic (exact) mass is 374 g/mol. The van der Waals surface area contributed by atoms with E-state index in [9.17, 15) is 0 Å². The van der Waals surface area contributed by atoms with Gasteiger partial charge in [0.15, 0.2) is 0 Å². The van der Waals surface area contributed by atoms with E-state index in [4.69, 9.17) is 0 Å². The number of hydrogen-bond donors (Lipinski definition) is 0. The van der Waals surface area contributed by atoms with E-state index in [1.165, 1.54) is 86.2 Å². The summed E-state index contributed by atoms with van der Waals surface area (Å²) in [6.07, 6.45) is 0. The Morgan fingerprint density at radius 3 is 1.37 bits per heavy atom. The highest BCUT2D eigenvalue weighted by atomic mass is 14.3. The molecule has 0 amide bonds. The van der Waals surface area contributed by atoms with Crippen molar-refractivity contribution in [1.29, 1.82) is 0 Å². The predicted molar refractivity (Wildman–Crippen MR) is 131 cm³/mol. The minimum Gasteiger partial charge on any atom is -0.0610 e. The molecule has 0 saturated heterocycles. The quantitative estimate of drug-likeness (QED) is 0.184. The summed E-state index contributed by atoms with van der Waals surface area (Å²) in [5, 5.41) is 22.4. The molecule has 0 fully saturated rings. The Morgan fingerprint density at radius 1 is 0.267 bits per heavy atom. The maximum atomic E-state index is 2.40. The van der Waals surface area contributed by atoms with E-state index in [1.54, 1.807) is 0 Å². The second kappa shape index (κ2) is 4.32. The van der Waals surface area contributed by atoms with E-state index in [-0.39, 0.29) is 0 Å². The van der Waals surface area contributed by atoms with Crippen LogP contribution in [0.1, 0.15) is 0 Å². The fraction of sp³-hybridized carbons (Fsp3) is 0. The van der Waals surface area contributed by atoms with Crippen molar-refractivity contribution in [3.8, 4) is 0 Å². The zero-order chi connectivity index (χ0) is 19.1. The van der Waals surface area contributed by atoms with Gasteiger partial charge in [0.05, 0.1) is 0 Å². The lowest BCUT2D eigenvalue weighted by atomic mass is 9.79. The van der Waals surface area contributed by atoms with Gasteiger partial charge in [0.2, 0.25) is 0 Å². The second-order valence-electron chi connectivity index (χ2n) is 8.90. The van der Waals surface area contributed by atoms with E-state index in [0.29, 0.717) is 0 Å². The molecule has 0 saturated carbocycles. The third-order valence-corrected chi connectivity index (χ3v) is 7.61. The van der Waals surface area contributed by atoms with Crippen LogP contribution in [0.3, 0.4) is 0 Å². The summed E-state index contributed by atoms with van der Waals surface area (Å²) in [6.45, 7) is 0. The van der Waals surface area contributed by atoms with Crippen molar-refractivity contribution in [3.05, 3.63) is 84.9 Å². The van der Waals surface area contributed by atoms with Gasteiger partial charge >= 0.3 is 0 Å². The van der Waals surface area contributed by atoms with Crippen LogP contribution in [0.15, 0.2) is 84.9 Å². The molecule has 0 spiro atoms. The molecular formula is C30H14.